The molecule has 18 heavy (non-hydrogen) atoms. The second kappa shape index (κ2) is 5.93. The molecule has 1 N–H and O–H groups in total. The molecular weight excluding hydrogens is 257 g/mol. The van der Waals surface area contributed by atoms with E-state index in [9.17, 15) is 4.39 Å². The second-order valence-corrected chi connectivity index (χ2v) is 4.17. The van der Waals surface area contributed by atoms with Crippen LogP contribution >= 0.6 is 11.6 Å². The summed E-state index contributed by atoms with van der Waals surface area (Å²) >= 11 is 5.68. The number of aromatic nitrogens is 2. The summed E-state index contributed by atoms with van der Waals surface area (Å²) in [4.78, 5) is 0. The fourth-order valence-corrected chi connectivity index (χ4v) is 1.66. The van der Waals surface area contributed by atoms with Crippen LogP contribution in [0.1, 0.15) is 12.8 Å². The first-order valence-corrected chi connectivity index (χ1v) is 6.07. The molecule has 0 fully saturated rings. The van der Waals surface area contributed by atoms with Gasteiger partial charge in [0.05, 0.1) is 5.56 Å². The fraction of sp³-hybridized carbons (Fsp3) is 0.333. The Labute approximate surface area is 109 Å². The maximum atomic E-state index is 13.6. The third kappa shape index (κ3) is 3.05. The number of hydrogen-bond donors (Lipinski definition) is 1. The fourth-order valence-electron chi connectivity index (χ4n) is 1.50. The Morgan fingerprint density at radius 2 is 2.22 bits per heavy atom. The highest BCUT2D eigenvalue weighted by Crippen LogP contribution is 2.24. The summed E-state index contributed by atoms with van der Waals surface area (Å²) in [5.74, 6) is 0.195. The Kier molecular flexibility index (Phi) is 4.28. The lowest BCUT2D eigenvalue weighted by atomic mass is 10.2. The van der Waals surface area contributed by atoms with Gasteiger partial charge in [0.25, 0.3) is 5.89 Å². The second-order valence-electron chi connectivity index (χ2n) is 3.73. The molecule has 0 atom stereocenters. The molecule has 0 radical (unpaired) electrons. The van der Waals surface area contributed by atoms with E-state index in [0.29, 0.717) is 17.3 Å². The largest absolute Gasteiger partial charge is 0.421 e. The maximum absolute atomic E-state index is 13.6. The third-order valence-electron chi connectivity index (χ3n) is 2.39. The van der Waals surface area contributed by atoms with Crippen molar-refractivity contribution in [2.24, 2.45) is 0 Å². The molecule has 6 heteroatoms. The minimum atomic E-state index is -0.468. The number of rotatable bonds is 5. The van der Waals surface area contributed by atoms with Crippen molar-refractivity contribution < 1.29 is 8.81 Å². The molecule has 2 rings (SSSR count). The number of benzene rings is 1. The van der Waals surface area contributed by atoms with Gasteiger partial charge in [0.15, 0.2) is 0 Å². The molecule has 0 saturated carbocycles. The topological polar surface area (TPSA) is 51.0 Å². The zero-order valence-electron chi connectivity index (χ0n) is 9.91. The highest BCUT2D eigenvalue weighted by atomic mass is 35.5. The van der Waals surface area contributed by atoms with Crippen LogP contribution in [0, 0.1) is 5.82 Å². The van der Waals surface area contributed by atoms with Gasteiger partial charge in [-0.05, 0) is 24.7 Å². The van der Waals surface area contributed by atoms with Gasteiger partial charge in [-0.2, -0.15) is 0 Å². The van der Waals surface area contributed by atoms with E-state index in [4.69, 9.17) is 16.0 Å². The molecule has 0 unspecified atom stereocenters. The quantitative estimate of drug-likeness (QED) is 0.848. The van der Waals surface area contributed by atoms with Crippen LogP contribution in [0.4, 0.5) is 4.39 Å². The number of nitrogens with zero attached hydrogens (tertiary/aromatic N) is 2. The number of likely N-dealkylation sites (N-methyl/N-ethyl adjacent to an activating group) is 1. The van der Waals surface area contributed by atoms with E-state index in [1.165, 1.54) is 12.1 Å². The monoisotopic (exact) mass is 269 g/mol. The maximum Gasteiger partial charge on any atom is 0.250 e. The van der Waals surface area contributed by atoms with E-state index < -0.39 is 5.82 Å². The lowest BCUT2D eigenvalue weighted by molar-refractivity contribution is 0.493. The average molecular weight is 270 g/mol. The van der Waals surface area contributed by atoms with Crippen molar-refractivity contribution in [2.75, 3.05) is 13.1 Å². The summed E-state index contributed by atoms with van der Waals surface area (Å²) in [6.07, 6.45) is 0.621. The Bertz CT molecular complexity index is 530. The molecule has 0 saturated heterocycles. The predicted octanol–water partition coefficient (Wildman–Crippen LogP) is 2.68. The van der Waals surface area contributed by atoms with Gasteiger partial charge in [0, 0.05) is 18.0 Å². The molecule has 4 nitrogen and oxygen atoms in total. The summed E-state index contributed by atoms with van der Waals surface area (Å²) in [5, 5.41) is 11.2. The van der Waals surface area contributed by atoms with Crippen molar-refractivity contribution in [1.29, 1.82) is 0 Å². The van der Waals surface area contributed by atoms with Crippen LogP contribution in [0.5, 0.6) is 0 Å². The number of halogens is 2. The highest BCUT2D eigenvalue weighted by molar-refractivity contribution is 6.30. The van der Waals surface area contributed by atoms with E-state index in [0.717, 1.165) is 13.1 Å². The van der Waals surface area contributed by atoms with E-state index in [-0.39, 0.29) is 11.5 Å². The molecule has 0 bridgehead atoms. The van der Waals surface area contributed by atoms with Crippen LogP contribution in [-0.2, 0) is 6.42 Å². The number of hydrogen-bond acceptors (Lipinski definition) is 4. The molecule has 2 aromatic rings. The van der Waals surface area contributed by atoms with Gasteiger partial charge in [-0.15, -0.1) is 10.2 Å². The van der Waals surface area contributed by atoms with Crippen molar-refractivity contribution in [2.45, 2.75) is 13.3 Å². The zero-order chi connectivity index (χ0) is 13.0. The van der Waals surface area contributed by atoms with Gasteiger partial charge >= 0.3 is 0 Å². The Morgan fingerprint density at radius 1 is 1.39 bits per heavy atom. The first kappa shape index (κ1) is 13.0. The molecule has 0 spiro atoms. The van der Waals surface area contributed by atoms with E-state index in [1.54, 1.807) is 6.07 Å². The van der Waals surface area contributed by atoms with E-state index >= 15 is 0 Å². The van der Waals surface area contributed by atoms with Crippen LogP contribution < -0.4 is 5.32 Å². The van der Waals surface area contributed by atoms with Crippen molar-refractivity contribution in [3.8, 4) is 11.5 Å². The summed E-state index contributed by atoms with van der Waals surface area (Å²) < 4.78 is 19.0. The normalized spacial score (nSPS) is 10.8. The molecule has 1 heterocycles. The molecule has 0 aliphatic heterocycles. The molecular formula is C12H13ClFN3O. The molecule has 96 valence electrons. The van der Waals surface area contributed by atoms with Crippen molar-refractivity contribution in [3.63, 3.8) is 0 Å². The van der Waals surface area contributed by atoms with Gasteiger partial charge in [0.1, 0.15) is 5.82 Å². The van der Waals surface area contributed by atoms with E-state index in [1.807, 2.05) is 6.92 Å². The van der Waals surface area contributed by atoms with Crippen LogP contribution in [0.25, 0.3) is 11.5 Å². The molecule has 1 aromatic carbocycles. The first-order chi connectivity index (χ1) is 8.70. The van der Waals surface area contributed by atoms with Crippen LogP contribution in [0.15, 0.2) is 22.6 Å². The molecule has 0 amide bonds. The Balaban J connectivity index is 2.13. The average Bonchev–Trinajstić information content (AvgIpc) is 2.78. The Hall–Kier alpha value is -1.46. The summed E-state index contributed by atoms with van der Waals surface area (Å²) in [6.45, 7) is 3.65. The van der Waals surface area contributed by atoms with Gasteiger partial charge in [-0.25, -0.2) is 4.39 Å². The molecule has 0 aliphatic rings. The lowest BCUT2D eigenvalue weighted by Gasteiger charge is -1.98. The SMILES string of the molecule is CCNCCc1nnc(-c2ccc(Cl)cc2F)o1. The standard InChI is InChI=1S/C12H13ClFN3O/c1-2-15-6-5-11-16-17-12(18-11)9-4-3-8(13)7-10(9)14/h3-4,7,15H,2,5-6H2,1H3. The van der Waals surface area contributed by atoms with E-state index in [2.05, 4.69) is 15.5 Å². The molecule has 0 aliphatic carbocycles. The smallest absolute Gasteiger partial charge is 0.250 e. The minimum absolute atomic E-state index is 0.177. The van der Waals surface area contributed by atoms with Gasteiger partial charge < -0.3 is 9.73 Å². The summed E-state index contributed by atoms with van der Waals surface area (Å²) in [5.41, 5.74) is 0.265. The number of nitrogens with one attached hydrogen (secondary N) is 1. The van der Waals surface area contributed by atoms with Crippen molar-refractivity contribution >= 4 is 11.6 Å². The zero-order valence-corrected chi connectivity index (χ0v) is 10.7. The Morgan fingerprint density at radius 3 is 2.94 bits per heavy atom. The van der Waals surface area contributed by atoms with Crippen LogP contribution in [-0.4, -0.2) is 23.3 Å². The molecule has 1 aromatic heterocycles. The minimum Gasteiger partial charge on any atom is -0.421 e. The summed E-state index contributed by atoms with van der Waals surface area (Å²) in [6, 6.07) is 4.33. The first-order valence-electron chi connectivity index (χ1n) is 5.69. The van der Waals surface area contributed by atoms with Crippen molar-refractivity contribution in [1.82, 2.24) is 15.5 Å². The summed E-state index contributed by atoms with van der Waals surface area (Å²) in [7, 11) is 0. The van der Waals surface area contributed by atoms with Gasteiger partial charge in [-0.3, -0.25) is 0 Å². The third-order valence-corrected chi connectivity index (χ3v) is 2.63. The van der Waals surface area contributed by atoms with Crippen LogP contribution in [0.2, 0.25) is 5.02 Å². The van der Waals surface area contributed by atoms with Gasteiger partial charge in [-0.1, -0.05) is 18.5 Å². The van der Waals surface area contributed by atoms with Gasteiger partial charge in [0.2, 0.25) is 5.89 Å². The van der Waals surface area contributed by atoms with Crippen molar-refractivity contribution in [3.05, 3.63) is 34.9 Å². The highest BCUT2D eigenvalue weighted by Gasteiger charge is 2.13. The lowest BCUT2D eigenvalue weighted by Crippen LogP contribution is -2.16. The van der Waals surface area contributed by atoms with Crippen LogP contribution in [0.3, 0.4) is 0 Å². The predicted molar refractivity (Wildman–Crippen MR) is 66.9 cm³/mol.